The van der Waals surface area contributed by atoms with Gasteiger partial charge in [-0.3, -0.25) is 4.79 Å². The summed E-state index contributed by atoms with van der Waals surface area (Å²) in [7, 11) is -4.71. The van der Waals surface area contributed by atoms with Gasteiger partial charge in [-0.15, -0.1) is 0 Å². The van der Waals surface area contributed by atoms with E-state index in [0.29, 0.717) is 0 Å². The normalized spacial score (nSPS) is 33.3. The highest BCUT2D eigenvalue weighted by atomic mass is 28.4. The molecule has 0 bridgehead atoms. The second kappa shape index (κ2) is 10.2. The van der Waals surface area contributed by atoms with Crippen molar-refractivity contribution in [1.29, 1.82) is 0 Å². The summed E-state index contributed by atoms with van der Waals surface area (Å²) in [6.45, 7) is 28.9. The average molecular weight is 577 g/mol. The number of fused-ring (bicyclic) bond motifs is 1. The Hall–Kier alpha value is -0.376. The summed E-state index contributed by atoms with van der Waals surface area (Å²) in [6.07, 6.45) is -4.22. The van der Waals surface area contributed by atoms with Crippen LogP contribution < -0.4 is 0 Å². The lowest BCUT2D eigenvalue weighted by molar-refractivity contribution is -0.230. The van der Waals surface area contributed by atoms with Gasteiger partial charge in [0, 0.05) is 0 Å². The molecule has 0 aromatic heterocycles. The topological polar surface area (TPSA) is 102 Å². The SMILES string of the molecule is CC1(C)O[C@H]2[C@@H](O1)[C@H](O[Si](C)(C)C(C)(C)C)O[C@@H]2[C@@H](C(=O)O)[C@@H](O[Si](C)(C)C(C)(C)C)[C@H]1COC(C)(C)O1. The van der Waals surface area contributed by atoms with Crippen molar-refractivity contribution < 1.29 is 42.4 Å². The molecule has 3 heterocycles. The molecule has 0 aromatic rings. The fraction of sp³-hybridized carbons (Fsp3) is 0.963. The highest BCUT2D eigenvalue weighted by Gasteiger charge is 2.63. The van der Waals surface area contributed by atoms with Gasteiger partial charge >= 0.3 is 5.97 Å². The molecule has 222 valence electrons. The van der Waals surface area contributed by atoms with E-state index < -0.39 is 76.9 Å². The van der Waals surface area contributed by atoms with Crippen molar-refractivity contribution in [3.05, 3.63) is 0 Å². The molecule has 3 fully saturated rings. The van der Waals surface area contributed by atoms with Crippen molar-refractivity contribution in [3.63, 3.8) is 0 Å². The van der Waals surface area contributed by atoms with E-state index in [4.69, 9.17) is 32.5 Å². The van der Waals surface area contributed by atoms with Crippen LogP contribution in [0, 0.1) is 5.92 Å². The van der Waals surface area contributed by atoms with Crippen LogP contribution in [0.5, 0.6) is 0 Å². The van der Waals surface area contributed by atoms with Gasteiger partial charge in [-0.05, 0) is 64.0 Å². The van der Waals surface area contributed by atoms with Crippen LogP contribution in [0.4, 0.5) is 0 Å². The van der Waals surface area contributed by atoms with Gasteiger partial charge in [0.15, 0.2) is 34.5 Å². The second-order valence-electron chi connectivity index (χ2n) is 15.0. The zero-order valence-corrected chi connectivity index (χ0v) is 28.0. The Balaban J connectivity index is 2.03. The standard InChI is InChI=1S/C27H52O9Si2/c1-24(2,3)37(11,12)35-18(16-15-30-26(7,8)32-16)17(22(28)29)19-20-21(34-27(9,10)33-20)23(31-19)36-38(13,14)25(4,5)6/h16-21,23H,15H2,1-14H3,(H,28,29)/t16-,17+,18+,19-,20-,21-,23+/m1/s1. The zero-order chi connectivity index (χ0) is 29.3. The number of hydrogen-bond acceptors (Lipinski definition) is 8. The molecule has 0 aromatic carbocycles. The summed E-state index contributed by atoms with van der Waals surface area (Å²) in [5, 5.41) is 10.5. The fourth-order valence-electron chi connectivity index (χ4n) is 4.69. The molecule has 3 aliphatic rings. The predicted octanol–water partition coefficient (Wildman–Crippen LogP) is 5.50. The van der Waals surface area contributed by atoms with Gasteiger partial charge < -0.3 is 37.6 Å². The lowest BCUT2D eigenvalue weighted by Crippen LogP contribution is -2.56. The summed E-state index contributed by atoms with van der Waals surface area (Å²) in [5.74, 6) is -3.87. The highest BCUT2D eigenvalue weighted by Crippen LogP contribution is 2.48. The summed E-state index contributed by atoms with van der Waals surface area (Å²) >= 11 is 0. The first-order valence-electron chi connectivity index (χ1n) is 13.8. The maximum absolute atomic E-state index is 13.1. The number of carboxylic acids is 1. The average Bonchev–Trinajstić information content (AvgIpc) is 3.30. The number of rotatable bonds is 8. The largest absolute Gasteiger partial charge is 0.481 e. The van der Waals surface area contributed by atoms with Crippen molar-refractivity contribution in [2.45, 2.75) is 154 Å². The number of ether oxygens (including phenoxy) is 5. The molecule has 0 unspecified atom stereocenters. The van der Waals surface area contributed by atoms with Gasteiger partial charge in [-0.25, -0.2) is 0 Å². The number of hydrogen-bond donors (Lipinski definition) is 1. The predicted molar refractivity (Wildman–Crippen MR) is 149 cm³/mol. The Kier molecular flexibility index (Phi) is 8.60. The van der Waals surface area contributed by atoms with E-state index in [1.54, 1.807) is 0 Å². The lowest BCUT2D eigenvalue weighted by Gasteiger charge is -2.43. The Morgan fingerprint density at radius 2 is 1.39 bits per heavy atom. The first-order chi connectivity index (χ1) is 16.9. The summed E-state index contributed by atoms with van der Waals surface area (Å²) in [5.41, 5.74) is 0. The molecule has 1 N–H and O–H groups in total. The van der Waals surface area contributed by atoms with Crippen LogP contribution in [0.3, 0.4) is 0 Å². The van der Waals surface area contributed by atoms with E-state index in [1.807, 2.05) is 27.7 Å². The zero-order valence-electron chi connectivity index (χ0n) is 26.0. The Bertz CT molecular complexity index is 875. The number of carbonyl (C=O) groups is 1. The summed E-state index contributed by atoms with van der Waals surface area (Å²) in [4.78, 5) is 13.1. The third-order valence-corrected chi connectivity index (χ3v) is 17.8. The van der Waals surface area contributed by atoms with E-state index in [1.165, 1.54) is 0 Å². The fourth-order valence-corrected chi connectivity index (χ4v) is 7.14. The van der Waals surface area contributed by atoms with Crippen molar-refractivity contribution >= 4 is 22.6 Å². The quantitative estimate of drug-likeness (QED) is 0.376. The van der Waals surface area contributed by atoms with Gasteiger partial charge in [0.2, 0.25) is 0 Å². The van der Waals surface area contributed by atoms with Crippen molar-refractivity contribution in [2.24, 2.45) is 5.92 Å². The summed E-state index contributed by atoms with van der Waals surface area (Å²) in [6, 6.07) is 0. The van der Waals surface area contributed by atoms with Crippen molar-refractivity contribution in [3.8, 4) is 0 Å². The molecule has 9 nitrogen and oxygen atoms in total. The van der Waals surface area contributed by atoms with Crippen LogP contribution in [0.15, 0.2) is 0 Å². The molecule has 7 atom stereocenters. The third kappa shape index (κ3) is 6.57. The van der Waals surface area contributed by atoms with E-state index >= 15 is 0 Å². The molecule has 11 heteroatoms. The van der Waals surface area contributed by atoms with Crippen LogP contribution in [-0.4, -0.2) is 82.7 Å². The minimum Gasteiger partial charge on any atom is -0.481 e. The number of carboxylic acid groups (broad SMARTS) is 1. The molecule has 3 aliphatic heterocycles. The van der Waals surface area contributed by atoms with E-state index in [9.17, 15) is 9.90 Å². The van der Waals surface area contributed by atoms with Gasteiger partial charge in [-0.2, -0.15) is 0 Å². The molecule has 0 radical (unpaired) electrons. The molecule has 3 saturated heterocycles. The summed E-state index contributed by atoms with van der Waals surface area (Å²) < 4.78 is 44.7. The maximum Gasteiger partial charge on any atom is 0.311 e. The van der Waals surface area contributed by atoms with Crippen LogP contribution in [0.2, 0.25) is 36.3 Å². The van der Waals surface area contributed by atoms with Crippen molar-refractivity contribution in [1.82, 2.24) is 0 Å². The van der Waals surface area contributed by atoms with Gasteiger partial charge in [-0.1, -0.05) is 41.5 Å². The van der Waals surface area contributed by atoms with Gasteiger partial charge in [0.25, 0.3) is 0 Å². The van der Waals surface area contributed by atoms with Crippen LogP contribution in [0.1, 0.15) is 69.2 Å². The third-order valence-electron chi connectivity index (χ3n) is 8.89. The molecule has 0 amide bonds. The molecular formula is C27H52O9Si2. The molecule has 0 aliphatic carbocycles. The molecule has 3 rings (SSSR count). The van der Waals surface area contributed by atoms with Crippen LogP contribution in [-0.2, 0) is 37.3 Å². The first kappa shape index (κ1) is 32.1. The van der Waals surface area contributed by atoms with Crippen LogP contribution in [0.25, 0.3) is 0 Å². The van der Waals surface area contributed by atoms with Crippen LogP contribution >= 0.6 is 0 Å². The smallest absolute Gasteiger partial charge is 0.311 e. The molecule has 0 spiro atoms. The Morgan fingerprint density at radius 1 is 0.868 bits per heavy atom. The first-order valence-corrected chi connectivity index (χ1v) is 19.6. The highest BCUT2D eigenvalue weighted by molar-refractivity contribution is 6.74. The molecule has 0 saturated carbocycles. The monoisotopic (exact) mass is 576 g/mol. The van der Waals surface area contributed by atoms with Gasteiger partial charge in [0.1, 0.15) is 30.3 Å². The second-order valence-corrected chi connectivity index (χ2v) is 24.5. The lowest BCUT2D eigenvalue weighted by atomic mass is 9.89. The Labute approximate surface area is 231 Å². The van der Waals surface area contributed by atoms with E-state index in [2.05, 4.69) is 67.7 Å². The van der Waals surface area contributed by atoms with Gasteiger partial charge in [0.05, 0.1) is 12.7 Å². The van der Waals surface area contributed by atoms with Crippen molar-refractivity contribution in [2.75, 3.05) is 6.61 Å². The van der Waals surface area contributed by atoms with E-state index in [-0.39, 0.29) is 16.7 Å². The minimum atomic E-state index is -2.43. The maximum atomic E-state index is 13.1. The Morgan fingerprint density at radius 3 is 1.84 bits per heavy atom. The molecular weight excluding hydrogens is 524 g/mol. The number of aliphatic carboxylic acids is 1. The molecule has 38 heavy (non-hydrogen) atoms. The minimum absolute atomic E-state index is 0.0697. The van der Waals surface area contributed by atoms with E-state index in [0.717, 1.165) is 0 Å².